The molecule has 0 bridgehead atoms. The van der Waals surface area contributed by atoms with E-state index in [1.54, 1.807) is 13.0 Å². The molecule has 0 nitrogen and oxygen atoms in total. The summed E-state index contributed by atoms with van der Waals surface area (Å²) in [5.74, 6) is 6.06. The van der Waals surface area contributed by atoms with Crippen LogP contribution in [0, 0.1) is 24.6 Å². The number of hydrogen-bond acceptors (Lipinski definition) is 0. The topological polar surface area (TPSA) is 0 Å². The summed E-state index contributed by atoms with van der Waals surface area (Å²) in [5.41, 5.74) is 6.36. The quantitative estimate of drug-likeness (QED) is 0.565. The zero-order valence-corrected chi connectivity index (χ0v) is 14.7. The summed E-state index contributed by atoms with van der Waals surface area (Å²) in [6.45, 7) is 10.5. The van der Waals surface area contributed by atoms with Crippen LogP contribution in [0.4, 0.5) is 4.39 Å². The molecule has 0 fully saturated rings. The third kappa shape index (κ3) is 3.02. The van der Waals surface area contributed by atoms with Gasteiger partial charge in [-0.3, -0.25) is 0 Å². The van der Waals surface area contributed by atoms with Gasteiger partial charge in [-0.15, -0.1) is 0 Å². The van der Waals surface area contributed by atoms with Crippen molar-refractivity contribution >= 4 is 5.57 Å². The molecular weight excluding hydrogens is 295 g/mol. The molecule has 1 aliphatic carbocycles. The minimum atomic E-state index is -0.206. The Bertz CT molecular complexity index is 863. The van der Waals surface area contributed by atoms with E-state index in [-0.39, 0.29) is 11.2 Å². The van der Waals surface area contributed by atoms with Gasteiger partial charge in [0, 0.05) is 11.1 Å². The standard InChI is InChI=1S/C23H23F/c1-5-23(4)13-12-16(2)20-11-10-18(14-21(20)23)8-9-19-7-6-17(3)22(24)15-19/h6-7,10-11,14-15H,2,5,12-13H2,1,3-4H3. The van der Waals surface area contributed by atoms with E-state index < -0.39 is 0 Å². The molecule has 1 atom stereocenters. The van der Waals surface area contributed by atoms with Crippen molar-refractivity contribution in [2.75, 3.05) is 0 Å². The normalized spacial score (nSPS) is 19.4. The van der Waals surface area contributed by atoms with E-state index >= 15 is 0 Å². The Hall–Kier alpha value is -2.33. The summed E-state index contributed by atoms with van der Waals surface area (Å²) in [6, 6.07) is 11.5. The third-order valence-corrected chi connectivity index (χ3v) is 5.33. The van der Waals surface area contributed by atoms with Crippen LogP contribution in [0.1, 0.15) is 60.9 Å². The van der Waals surface area contributed by atoms with Crippen molar-refractivity contribution in [2.45, 2.75) is 45.4 Å². The zero-order chi connectivity index (χ0) is 17.3. The monoisotopic (exact) mass is 318 g/mol. The van der Waals surface area contributed by atoms with Crippen molar-refractivity contribution in [3.63, 3.8) is 0 Å². The van der Waals surface area contributed by atoms with E-state index in [4.69, 9.17) is 0 Å². The first-order valence-corrected chi connectivity index (χ1v) is 8.54. The molecule has 1 unspecified atom stereocenters. The van der Waals surface area contributed by atoms with Crippen LogP contribution in [-0.4, -0.2) is 0 Å². The lowest BCUT2D eigenvalue weighted by Gasteiger charge is -2.36. The molecule has 2 aromatic rings. The molecule has 24 heavy (non-hydrogen) atoms. The van der Waals surface area contributed by atoms with Gasteiger partial charge in [0.05, 0.1) is 0 Å². The van der Waals surface area contributed by atoms with Crippen LogP contribution in [0.3, 0.4) is 0 Å². The van der Waals surface area contributed by atoms with Gasteiger partial charge < -0.3 is 0 Å². The van der Waals surface area contributed by atoms with E-state index in [1.807, 2.05) is 12.1 Å². The van der Waals surface area contributed by atoms with Crippen molar-refractivity contribution in [1.82, 2.24) is 0 Å². The Morgan fingerprint density at radius 3 is 2.46 bits per heavy atom. The maximum atomic E-state index is 13.6. The van der Waals surface area contributed by atoms with Gasteiger partial charge in [0.25, 0.3) is 0 Å². The first kappa shape index (κ1) is 16.5. The van der Waals surface area contributed by atoms with Crippen molar-refractivity contribution in [3.8, 4) is 11.8 Å². The number of fused-ring (bicyclic) bond motifs is 1. The Morgan fingerprint density at radius 2 is 1.79 bits per heavy atom. The summed E-state index contributed by atoms with van der Waals surface area (Å²) >= 11 is 0. The first-order valence-electron chi connectivity index (χ1n) is 8.54. The summed E-state index contributed by atoms with van der Waals surface area (Å²) in [5, 5.41) is 0. The maximum absolute atomic E-state index is 13.6. The predicted molar refractivity (Wildman–Crippen MR) is 99.5 cm³/mol. The fourth-order valence-corrected chi connectivity index (χ4v) is 3.31. The van der Waals surface area contributed by atoms with Crippen LogP contribution in [0.5, 0.6) is 0 Å². The highest BCUT2D eigenvalue weighted by atomic mass is 19.1. The molecule has 0 radical (unpaired) electrons. The molecule has 0 saturated carbocycles. The average molecular weight is 318 g/mol. The summed E-state index contributed by atoms with van der Waals surface area (Å²) in [7, 11) is 0. The molecule has 2 aromatic carbocycles. The van der Waals surface area contributed by atoms with Crippen molar-refractivity contribution in [2.24, 2.45) is 0 Å². The van der Waals surface area contributed by atoms with Gasteiger partial charge in [0.15, 0.2) is 0 Å². The molecule has 1 heteroatoms. The van der Waals surface area contributed by atoms with Crippen LogP contribution in [0.15, 0.2) is 43.0 Å². The van der Waals surface area contributed by atoms with E-state index in [0.717, 1.165) is 24.8 Å². The van der Waals surface area contributed by atoms with Gasteiger partial charge in [-0.1, -0.05) is 44.4 Å². The Labute approximate surface area is 144 Å². The predicted octanol–water partition coefficient (Wildman–Crippen LogP) is 6.01. The largest absolute Gasteiger partial charge is 0.207 e. The Balaban J connectivity index is 2.00. The fraction of sp³-hybridized carbons (Fsp3) is 0.304. The Kier molecular flexibility index (Phi) is 4.33. The van der Waals surface area contributed by atoms with E-state index in [9.17, 15) is 4.39 Å². The van der Waals surface area contributed by atoms with Gasteiger partial charge in [0.2, 0.25) is 0 Å². The van der Waals surface area contributed by atoms with Gasteiger partial charge in [-0.25, -0.2) is 4.39 Å². The number of allylic oxidation sites excluding steroid dienone is 1. The number of aryl methyl sites for hydroxylation is 1. The summed E-state index contributed by atoms with van der Waals surface area (Å²) in [4.78, 5) is 0. The highest BCUT2D eigenvalue weighted by Crippen LogP contribution is 2.43. The molecule has 3 rings (SSSR count). The van der Waals surface area contributed by atoms with Crippen LogP contribution in [0.25, 0.3) is 5.57 Å². The Morgan fingerprint density at radius 1 is 1.12 bits per heavy atom. The molecule has 0 aromatic heterocycles. The lowest BCUT2D eigenvalue weighted by molar-refractivity contribution is 0.414. The van der Waals surface area contributed by atoms with Gasteiger partial charge in [-0.05, 0) is 78.1 Å². The summed E-state index contributed by atoms with van der Waals surface area (Å²) < 4.78 is 13.6. The molecular formula is C23H23F. The van der Waals surface area contributed by atoms with Crippen molar-refractivity contribution < 1.29 is 4.39 Å². The van der Waals surface area contributed by atoms with E-state index in [0.29, 0.717) is 11.1 Å². The minimum absolute atomic E-state index is 0.185. The smallest absolute Gasteiger partial charge is 0.127 e. The second-order valence-electron chi connectivity index (χ2n) is 6.99. The van der Waals surface area contributed by atoms with Gasteiger partial charge >= 0.3 is 0 Å². The average Bonchev–Trinajstić information content (AvgIpc) is 2.59. The third-order valence-electron chi connectivity index (χ3n) is 5.33. The summed E-state index contributed by atoms with van der Waals surface area (Å²) in [6.07, 6.45) is 3.30. The van der Waals surface area contributed by atoms with Gasteiger partial charge in [0.1, 0.15) is 5.82 Å². The van der Waals surface area contributed by atoms with Crippen molar-refractivity contribution in [3.05, 3.63) is 76.6 Å². The number of benzene rings is 2. The second-order valence-corrected chi connectivity index (χ2v) is 6.99. The lowest BCUT2D eigenvalue weighted by atomic mass is 9.68. The fourth-order valence-electron chi connectivity index (χ4n) is 3.31. The number of halogens is 1. The maximum Gasteiger partial charge on any atom is 0.127 e. The molecule has 0 N–H and O–H groups in total. The van der Waals surface area contributed by atoms with E-state index in [1.165, 1.54) is 22.8 Å². The first-order chi connectivity index (χ1) is 11.4. The number of hydrogen-bond donors (Lipinski definition) is 0. The van der Waals surface area contributed by atoms with Crippen LogP contribution in [0.2, 0.25) is 0 Å². The second kappa shape index (κ2) is 6.29. The van der Waals surface area contributed by atoms with Crippen LogP contribution in [-0.2, 0) is 5.41 Å². The molecule has 0 heterocycles. The van der Waals surface area contributed by atoms with Gasteiger partial charge in [-0.2, -0.15) is 0 Å². The van der Waals surface area contributed by atoms with Crippen LogP contribution < -0.4 is 0 Å². The van der Waals surface area contributed by atoms with E-state index in [2.05, 4.69) is 44.4 Å². The molecule has 122 valence electrons. The molecule has 0 spiro atoms. The van der Waals surface area contributed by atoms with Crippen molar-refractivity contribution in [1.29, 1.82) is 0 Å². The minimum Gasteiger partial charge on any atom is -0.207 e. The number of rotatable bonds is 1. The molecule has 1 aliphatic rings. The molecule has 0 aliphatic heterocycles. The lowest BCUT2D eigenvalue weighted by Crippen LogP contribution is -2.26. The SMILES string of the molecule is C=C1CCC(C)(CC)c2cc(C#Cc3ccc(C)c(F)c3)ccc21. The molecule has 0 amide bonds. The van der Waals surface area contributed by atoms with Crippen LogP contribution >= 0.6 is 0 Å². The highest BCUT2D eigenvalue weighted by molar-refractivity contribution is 5.71. The zero-order valence-electron chi connectivity index (χ0n) is 14.7. The highest BCUT2D eigenvalue weighted by Gasteiger charge is 2.31. The molecule has 0 saturated heterocycles.